The third-order valence-electron chi connectivity index (χ3n) is 6.21. The summed E-state index contributed by atoms with van der Waals surface area (Å²) in [5, 5.41) is 8.23. The summed E-state index contributed by atoms with van der Waals surface area (Å²) in [5.41, 5.74) is 0.0548. The Bertz CT molecular complexity index is 1360. The molecule has 1 fully saturated rings. The second-order valence-corrected chi connectivity index (χ2v) is 10.1. The summed E-state index contributed by atoms with van der Waals surface area (Å²) in [7, 11) is -1.57. The van der Waals surface area contributed by atoms with E-state index in [1.54, 1.807) is 18.5 Å². The van der Waals surface area contributed by atoms with Crippen molar-refractivity contribution in [1.29, 1.82) is 5.41 Å². The molecule has 38 heavy (non-hydrogen) atoms. The van der Waals surface area contributed by atoms with Crippen LogP contribution in [-0.4, -0.2) is 82.4 Å². The van der Waals surface area contributed by atoms with Crippen LogP contribution in [0.4, 0.5) is 14.5 Å². The van der Waals surface area contributed by atoms with Crippen molar-refractivity contribution < 1.29 is 22.5 Å². The van der Waals surface area contributed by atoms with Gasteiger partial charge in [0.15, 0.2) is 5.82 Å². The van der Waals surface area contributed by atoms with Crippen molar-refractivity contribution in [3.05, 3.63) is 58.9 Å². The molecular formula is C26H30F2N6O3S. The SMILES string of the molecule is CCCS(=O)Nc1ccc(F)c(C(=O)c2c[nH]c3ncc(C(C=N)C=NCCN4CCOCC4)cc23)c1F. The van der Waals surface area contributed by atoms with Gasteiger partial charge in [0.2, 0.25) is 5.78 Å². The topological polar surface area (TPSA) is 124 Å². The fourth-order valence-electron chi connectivity index (χ4n) is 4.16. The molecule has 0 amide bonds. The van der Waals surface area contributed by atoms with Crippen LogP contribution in [0.2, 0.25) is 0 Å². The Kier molecular flexibility index (Phi) is 9.43. The molecule has 2 unspecified atom stereocenters. The minimum absolute atomic E-state index is 0.0342. The molecule has 3 N–H and O–H groups in total. The highest BCUT2D eigenvalue weighted by atomic mass is 32.2. The van der Waals surface area contributed by atoms with Crippen LogP contribution in [0.15, 0.2) is 35.6 Å². The number of ketones is 1. The number of hydrogen-bond acceptors (Lipinski definition) is 7. The van der Waals surface area contributed by atoms with Gasteiger partial charge in [0.25, 0.3) is 0 Å². The standard InChI is InChI=1S/C26H30F2N6O3S/c1-2-11-38(36)33-22-4-3-21(27)23(24(22)28)25(35)20-16-32-26-19(20)12-17(15-31-26)18(13-29)14-30-5-6-34-7-9-37-10-8-34/h3-4,12-16,18,29,33H,2,5-11H2,1H3,(H,31,32). The highest BCUT2D eigenvalue weighted by molar-refractivity contribution is 7.86. The van der Waals surface area contributed by atoms with Crippen LogP contribution >= 0.6 is 0 Å². The number of ether oxygens (including phenoxy) is 1. The van der Waals surface area contributed by atoms with Gasteiger partial charge in [-0.15, -0.1) is 0 Å². The summed E-state index contributed by atoms with van der Waals surface area (Å²) < 4.78 is 49.8. The average molecular weight is 545 g/mol. The van der Waals surface area contributed by atoms with E-state index in [0.29, 0.717) is 42.8 Å². The van der Waals surface area contributed by atoms with Crippen molar-refractivity contribution in [2.24, 2.45) is 4.99 Å². The van der Waals surface area contributed by atoms with E-state index in [9.17, 15) is 13.4 Å². The number of fused-ring (bicyclic) bond motifs is 1. The van der Waals surface area contributed by atoms with Crippen LogP contribution in [0.3, 0.4) is 0 Å². The summed E-state index contributed by atoms with van der Waals surface area (Å²) in [6.45, 7) is 6.34. The lowest BCUT2D eigenvalue weighted by atomic mass is 9.98. The number of pyridine rings is 1. The number of hydrogen-bond donors (Lipinski definition) is 3. The van der Waals surface area contributed by atoms with Gasteiger partial charge in [-0.25, -0.2) is 18.0 Å². The summed E-state index contributed by atoms with van der Waals surface area (Å²) in [6.07, 6.45) is 6.42. The van der Waals surface area contributed by atoms with Crippen LogP contribution in [0.5, 0.6) is 0 Å². The number of carbonyl (C=O) groups excluding carboxylic acids is 1. The normalized spacial score (nSPS) is 16.1. The molecule has 2 atom stereocenters. The van der Waals surface area contributed by atoms with Crippen LogP contribution in [0, 0.1) is 17.0 Å². The molecule has 202 valence electrons. The van der Waals surface area contributed by atoms with Crippen molar-refractivity contribution in [3.63, 3.8) is 0 Å². The first-order valence-corrected chi connectivity index (χ1v) is 13.7. The maximum Gasteiger partial charge on any atom is 0.201 e. The maximum absolute atomic E-state index is 15.2. The van der Waals surface area contributed by atoms with Gasteiger partial charge in [0, 0.05) is 61.2 Å². The number of benzene rings is 1. The minimum Gasteiger partial charge on any atom is -0.379 e. The van der Waals surface area contributed by atoms with Crippen molar-refractivity contribution in [2.45, 2.75) is 19.3 Å². The molecule has 9 nitrogen and oxygen atoms in total. The average Bonchev–Trinajstić information content (AvgIpc) is 3.34. The number of nitrogens with one attached hydrogen (secondary N) is 3. The molecule has 0 aliphatic carbocycles. The van der Waals surface area contributed by atoms with Gasteiger partial charge in [-0.3, -0.25) is 14.7 Å². The lowest BCUT2D eigenvalue weighted by molar-refractivity contribution is 0.0394. The van der Waals surface area contributed by atoms with Crippen molar-refractivity contribution in [1.82, 2.24) is 14.9 Å². The first kappa shape index (κ1) is 27.7. The van der Waals surface area contributed by atoms with Gasteiger partial charge in [-0.2, -0.15) is 0 Å². The summed E-state index contributed by atoms with van der Waals surface area (Å²) in [4.78, 5) is 27.2. The number of aliphatic imine (C=N–C) groups is 1. The Balaban J connectivity index is 1.57. The van der Waals surface area contributed by atoms with Crippen LogP contribution in [-0.2, 0) is 15.7 Å². The lowest BCUT2D eigenvalue weighted by Gasteiger charge is -2.25. The molecular weight excluding hydrogens is 514 g/mol. The molecule has 0 spiro atoms. The molecule has 1 aromatic carbocycles. The number of halogens is 2. The number of rotatable bonds is 12. The molecule has 1 saturated heterocycles. The third-order valence-corrected chi connectivity index (χ3v) is 7.43. The zero-order valence-electron chi connectivity index (χ0n) is 21.0. The van der Waals surface area contributed by atoms with Crippen LogP contribution in [0.25, 0.3) is 11.0 Å². The van der Waals surface area contributed by atoms with E-state index in [-0.39, 0.29) is 17.0 Å². The van der Waals surface area contributed by atoms with E-state index in [1.807, 2.05) is 6.92 Å². The Morgan fingerprint density at radius 3 is 2.89 bits per heavy atom. The van der Waals surface area contributed by atoms with E-state index in [1.165, 1.54) is 12.4 Å². The predicted molar refractivity (Wildman–Crippen MR) is 145 cm³/mol. The van der Waals surface area contributed by atoms with Gasteiger partial charge < -0.3 is 19.9 Å². The number of aromatic amines is 1. The van der Waals surface area contributed by atoms with Gasteiger partial charge in [-0.1, -0.05) is 6.92 Å². The smallest absolute Gasteiger partial charge is 0.201 e. The first-order chi connectivity index (χ1) is 18.4. The van der Waals surface area contributed by atoms with Gasteiger partial charge in [0.1, 0.15) is 22.5 Å². The molecule has 4 rings (SSSR count). The molecule has 3 heterocycles. The Hall–Kier alpha value is -3.35. The molecule has 1 aliphatic heterocycles. The number of aromatic nitrogens is 2. The third kappa shape index (κ3) is 6.37. The highest BCUT2D eigenvalue weighted by Crippen LogP contribution is 2.28. The van der Waals surface area contributed by atoms with E-state index >= 15 is 4.39 Å². The van der Waals surface area contributed by atoms with E-state index in [4.69, 9.17) is 10.1 Å². The van der Waals surface area contributed by atoms with Crippen LogP contribution < -0.4 is 4.72 Å². The first-order valence-electron chi connectivity index (χ1n) is 12.4. The maximum atomic E-state index is 15.2. The van der Waals surface area contributed by atoms with E-state index in [2.05, 4.69) is 24.6 Å². The summed E-state index contributed by atoms with van der Waals surface area (Å²) in [5.74, 6) is -3.21. The van der Waals surface area contributed by atoms with E-state index < -0.39 is 39.9 Å². The zero-order chi connectivity index (χ0) is 27.1. The Labute approximate surface area is 221 Å². The number of H-pyrrole nitrogens is 1. The van der Waals surface area contributed by atoms with Crippen LogP contribution in [0.1, 0.15) is 40.7 Å². The lowest BCUT2D eigenvalue weighted by Crippen LogP contribution is -2.37. The summed E-state index contributed by atoms with van der Waals surface area (Å²) >= 11 is 0. The van der Waals surface area contributed by atoms with Gasteiger partial charge in [-0.05, 0) is 30.2 Å². The second-order valence-electron chi connectivity index (χ2n) is 8.83. The minimum atomic E-state index is -1.57. The summed E-state index contributed by atoms with van der Waals surface area (Å²) in [6, 6.07) is 3.76. The fourth-order valence-corrected chi connectivity index (χ4v) is 5.04. The van der Waals surface area contributed by atoms with Gasteiger partial charge >= 0.3 is 0 Å². The number of nitrogens with zero attached hydrogens (tertiary/aromatic N) is 3. The quantitative estimate of drug-likeness (QED) is 0.237. The molecule has 1 aliphatic rings. The largest absolute Gasteiger partial charge is 0.379 e. The highest BCUT2D eigenvalue weighted by Gasteiger charge is 2.25. The number of anilines is 1. The number of carbonyl (C=O) groups is 1. The molecule has 0 bridgehead atoms. The fraction of sp³-hybridized carbons (Fsp3) is 0.385. The number of morpholine rings is 1. The van der Waals surface area contributed by atoms with Crippen molar-refractivity contribution >= 4 is 45.9 Å². The molecule has 0 saturated carbocycles. The Morgan fingerprint density at radius 1 is 1.37 bits per heavy atom. The molecule has 3 aromatic rings. The van der Waals surface area contributed by atoms with Crippen molar-refractivity contribution in [2.75, 3.05) is 49.9 Å². The molecule has 12 heteroatoms. The monoisotopic (exact) mass is 544 g/mol. The van der Waals surface area contributed by atoms with Gasteiger partial charge in [0.05, 0.1) is 36.9 Å². The predicted octanol–water partition coefficient (Wildman–Crippen LogP) is 3.69. The molecule has 0 radical (unpaired) electrons. The molecule has 2 aromatic heterocycles. The van der Waals surface area contributed by atoms with E-state index in [0.717, 1.165) is 31.8 Å². The Morgan fingerprint density at radius 2 is 2.16 bits per heavy atom. The van der Waals surface area contributed by atoms with Crippen molar-refractivity contribution in [3.8, 4) is 0 Å². The zero-order valence-corrected chi connectivity index (χ0v) is 21.8. The second kappa shape index (κ2) is 12.9.